The molecule has 19 heavy (non-hydrogen) atoms. The van der Waals surface area contributed by atoms with E-state index in [-0.39, 0.29) is 11.2 Å². The SMILES string of the molecule is CCN(Cc1cc(F)ccc1OC)CC(C)(C)CN. The van der Waals surface area contributed by atoms with Gasteiger partial charge in [-0.25, -0.2) is 4.39 Å². The van der Waals surface area contributed by atoms with Crippen LogP contribution < -0.4 is 10.5 Å². The van der Waals surface area contributed by atoms with Crippen LogP contribution in [-0.2, 0) is 6.54 Å². The molecule has 0 radical (unpaired) electrons. The molecular formula is C15H25FN2O. The highest BCUT2D eigenvalue weighted by molar-refractivity contribution is 5.33. The second-order valence-electron chi connectivity index (χ2n) is 5.63. The van der Waals surface area contributed by atoms with E-state index in [1.165, 1.54) is 12.1 Å². The molecule has 0 unspecified atom stereocenters. The second-order valence-corrected chi connectivity index (χ2v) is 5.63. The largest absolute Gasteiger partial charge is 0.496 e. The van der Waals surface area contributed by atoms with Crippen molar-refractivity contribution < 1.29 is 9.13 Å². The van der Waals surface area contributed by atoms with E-state index in [9.17, 15) is 4.39 Å². The van der Waals surface area contributed by atoms with Gasteiger partial charge in [0.1, 0.15) is 11.6 Å². The summed E-state index contributed by atoms with van der Waals surface area (Å²) >= 11 is 0. The van der Waals surface area contributed by atoms with Crippen molar-refractivity contribution in [2.24, 2.45) is 11.1 Å². The summed E-state index contributed by atoms with van der Waals surface area (Å²) in [4.78, 5) is 2.25. The quantitative estimate of drug-likeness (QED) is 0.826. The van der Waals surface area contributed by atoms with Gasteiger partial charge in [-0.2, -0.15) is 0 Å². The summed E-state index contributed by atoms with van der Waals surface area (Å²) in [6.07, 6.45) is 0. The molecule has 0 aromatic heterocycles. The predicted molar refractivity (Wildman–Crippen MR) is 76.7 cm³/mol. The Bertz CT molecular complexity index is 407. The molecule has 0 spiro atoms. The van der Waals surface area contributed by atoms with Crippen LogP contribution in [0.1, 0.15) is 26.3 Å². The highest BCUT2D eigenvalue weighted by Crippen LogP contribution is 2.23. The number of rotatable bonds is 7. The van der Waals surface area contributed by atoms with E-state index in [4.69, 9.17) is 10.5 Å². The number of hydrogen-bond donors (Lipinski definition) is 1. The fourth-order valence-corrected chi connectivity index (χ4v) is 2.06. The van der Waals surface area contributed by atoms with Crippen LogP contribution in [0, 0.1) is 11.2 Å². The van der Waals surface area contributed by atoms with Gasteiger partial charge in [0.25, 0.3) is 0 Å². The fourth-order valence-electron chi connectivity index (χ4n) is 2.06. The number of nitrogens with zero attached hydrogens (tertiary/aromatic N) is 1. The van der Waals surface area contributed by atoms with E-state index in [2.05, 4.69) is 25.7 Å². The van der Waals surface area contributed by atoms with E-state index >= 15 is 0 Å². The Hall–Kier alpha value is -1.13. The molecule has 0 aliphatic rings. The zero-order valence-corrected chi connectivity index (χ0v) is 12.4. The molecule has 1 rings (SSSR count). The van der Waals surface area contributed by atoms with E-state index in [1.54, 1.807) is 13.2 Å². The highest BCUT2D eigenvalue weighted by atomic mass is 19.1. The first kappa shape index (κ1) is 15.9. The minimum absolute atomic E-state index is 0.0522. The smallest absolute Gasteiger partial charge is 0.123 e. The van der Waals surface area contributed by atoms with Gasteiger partial charge in [0.05, 0.1) is 7.11 Å². The van der Waals surface area contributed by atoms with Gasteiger partial charge in [0.15, 0.2) is 0 Å². The Balaban J connectivity index is 2.83. The van der Waals surface area contributed by atoms with Crippen molar-refractivity contribution in [2.75, 3.05) is 26.7 Å². The zero-order chi connectivity index (χ0) is 14.5. The molecule has 3 nitrogen and oxygen atoms in total. The fraction of sp³-hybridized carbons (Fsp3) is 0.600. The molecule has 108 valence electrons. The van der Waals surface area contributed by atoms with Gasteiger partial charge in [-0.05, 0) is 36.7 Å². The van der Waals surface area contributed by atoms with Gasteiger partial charge >= 0.3 is 0 Å². The summed E-state index contributed by atoms with van der Waals surface area (Å²) in [6.45, 7) is 9.43. The highest BCUT2D eigenvalue weighted by Gasteiger charge is 2.20. The summed E-state index contributed by atoms with van der Waals surface area (Å²) in [6, 6.07) is 4.63. The van der Waals surface area contributed by atoms with Crippen LogP contribution in [0.4, 0.5) is 4.39 Å². The van der Waals surface area contributed by atoms with Gasteiger partial charge in [-0.1, -0.05) is 20.8 Å². The molecule has 0 bridgehead atoms. The number of hydrogen-bond acceptors (Lipinski definition) is 3. The Morgan fingerprint density at radius 3 is 2.58 bits per heavy atom. The molecule has 0 aliphatic heterocycles. The molecule has 0 atom stereocenters. The molecule has 2 N–H and O–H groups in total. The Morgan fingerprint density at radius 2 is 2.05 bits per heavy atom. The second kappa shape index (κ2) is 6.87. The summed E-state index contributed by atoms with van der Waals surface area (Å²) in [5.41, 5.74) is 6.70. The van der Waals surface area contributed by atoms with Gasteiger partial charge in [-0.3, -0.25) is 4.90 Å². The van der Waals surface area contributed by atoms with Crippen molar-refractivity contribution in [2.45, 2.75) is 27.3 Å². The first-order valence-corrected chi connectivity index (χ1v) is 6.66. The number of nitrogens with two attached hydrogens (primary N) is 1. The molecule has 1 aromatic carbocycles. The minimum atomic E-state index is -0.232. The lowest BCUT2D eigenvalue weighted by molar-refractivity contribution is 0.181. The maximum absolute atomic E-state index is 13.3. The number of benzene rings is 1. The van der Waals surface area contributed by atoms with Crippen LogP contribution in [0.3, 0.4) is 0 Å². The normalized spacial score (nSPS) is 11.9. The van der Waals surface area contributed by atoms with E-state index < -0.39 is 0 Å². The van der Waals surface area contributed by atoms with Crippen molar-refractivity contribution in [3.8, 4) is 5.75 Å². The van der Waals surface area contributed by atoms with Crippen molar-refractivity contribution in [3.05, 3.63) is 29.6 Å². The molecule has 4 heteroatoms. The predicted octanol–water partition coefficient (Wildman–Crippen LogP) is 2.64. The van der Waals surface area contributed by atoms with E-state index in [0.29, 0.717) is 13.1 Å². The minimum Gasteiger partial charge on any atom is -0.496 e. The summed E-state index contributed by atoms with van der Waals surface area (Å²) in [7, 11) is 1.61. The van der Waals surface area contributed by atoms with E-state index in [1.807, 2.05) is 0 Å². The van der Waals surface area contributed by atoms with Crippen molar-refractivity contribution in [1.29, 1.82) is 0 Å². The monoisotopic (exact) mass is 268 g/mol. The number of methoxy groups -OCH3 is 1. The van der Waals surface area contributed by atoms with E-state index in [0.717, 1.165) is 24.4 Å². The topological polar surface area (TPSA) is 38.5 Å². The van der Waals surface area contributed by atoms with Crippen LogP contribution >= 0.6 is 0 Å². The van der Waals surface area contributed by atoms with Gasteiger partial charge < -0.3 is 10.5 Å². The van der Waals surface area contributed by atoms with Crippen molar-refractivity contribution in [3.63, 3.8) is 0 Å². The summed E-state index contributed by atoms with van der Waals surface area (Å²) in [5.74, 6) is 0.496. The van der Waals surface area contributed by atoms with Crippen LogP contribution in [-0.4, -0.2) is 31.6 Å². The van der Waals surface area contributed by atoms with Crippen LogP contribution in [0.15, 0.2) is 18.2 Å². The van der Waals surface area contributed by atoms with Gasteiger partial charge in [-0.15, -0.1) is 0 Å². The summed E-state index contributed by atoms with van der Waals surface area (Å²) in [5, 5.41) is 0. The first-order valence-electron chi connectivity index (χ1n) is 6.66. The molecule has 0 amide bonds. The average Bonchev–Trinajstić information content (AvgIpc) is 2.38. The Morgan fingerprint density at radius 1 is 1.37 bits per heavy atom. The van der Waals surface area contributed by atoms with Crippen LogP contribution in [0.25, 0.3) is 0 Å². The lowest BCUT2D eigenvalue weighted by Crippen LogP contribution is -2.38. The van der Waals surface area contributed by atoms with Crippen LogP contribution in [0.5, 0.6) is 5.75 Å². The summed E-state index contributed by atoms with van der Waals surface area (Å²) < 4.78 is 18.6. The van der Waals surface area contributed by atoms with Gasteiger partial charge in [0.2, 0.25) is 0 Å². The third kappa shape index (κ3) is 4.80. The molecule has 0 saturated heterocycles. The third-order valence-corrected chi connectivity index (χ3v) is 3.29. The third-order valence-electron chi connectivity index (χ3n) is 3.29. The molecule has 0 saturated carbocycles. The molecule has 0 fully saturated rings. The van der Waals surface area contributed by atoms with Crippen molar-refractivity contribution >= 4 is 0 Å². The first-order chi connectivity index (χ1) is 8.91. The Kier molecular flexibility index (Phi) is 5.76. The molecule has 0 heterocycles. The van der Waals surface area contributed by atoms with Crippen LogP contribution in [0.2, 0.25) is 0 Å². The number of ether oxygens (including phenoxy) is 1. The maximum atomic E-state index is 13.3. The average molecular weight is 268 g/mol. The molecule has 1 aromatic rings. The Labute approximate surface area is 115 Å². The number of halogens is 1. The van der Waals surface area contributed by atoms with Gasteiger partial charge in [0, 0.05) is 18.7 Å². The lowest BCUT2D eigenvalue weighted by Gasteiger charge is -2.31. The molecular weight excluding hydrogens is 243 g/mol. The molecule has 0 aliphatic carbocycles. The zero-order valence-electron chi connectivity index (χ0n) is 12.4. The maximum Gasteiger partial charge on any atom is 0.123 e. The lowest BCUT2D eigenvalue weighted by atomic mass is 9.93. The van der Waals surface area contributed by atoms with Crippen molar-refractivity contribution in [1.82, 2.24) is 4.90 Å². The standard InChI is InChI=1S/C15H25FN2O/c1-5-18(11-15(2,3)10-17)9-12-8-13(16)6-7-14(12)19-4/h6-8H,5,9-11,17H2,1-4H3.